The first-order valence-corrected chi connectivity index (χ1v) is 10.2. The van der Waals surface area contributed by atoms with Gasteiger partial charge in [-0.05, 0) is 73.2 Å². The molecule has 0 unspecified atom stereocenters. The zero-order valence-corrected chi connectivity index (χ0v) is 15.7. The van der Waals surface area contributed by atoms with Crippen molar-refractivity contribution in [3.8, 4) is 0 Å². The molecule has 9 heteroatoms. The molecule has 3 rings (SSSR count). The van der Waals surface area contributed by atoms with Crippen LogP contribution in [0, 0.1) is 0 Å². The third-order valence-electron chi connectivity index (χ3n) is 4.55. The zero-order chi connectivity index (χ0) is 20.4. The van der Waals surface area contributed by atoms with Crippen molar-refractivity contribution < 1.29 is 26.4 Å². The number of halogens is 3. The topological polar surface area (TPSA) is 75.3 Å². The van der Waals surface area contributed by atoms with E-state index < -0.39 is 34.2 Å². The molecule has 2 N–H and O–H groups in total. The highest BCUT2D eigenvalue weighted by Crippen LogP contribution is 2.29. The van der Waals surface area contributed by atoms with Crippen LogP contribution >= 0.6 is 0 Å². The number of rotatable bonds is 5. The van der Waals surface area contributed by atoms with E-state index in [1.807, 2.05) is 0 Å². The summed E-state index contributed by atoms with van der Waals surface area (Å²) in [6.45, 7) is -0.527. The number of hydrogen-bond acceptors (Lipinski definition) is 3. The minimum atomic E-state index is -4.47. The molecule has 1 amide bonds. The molecule has 2 aromatic rings. The van der Waals surface area contributed by atoms with Crippen LogP contribution in [0.2, 0.25) is 0 Å². The SMILES string of the molecule is O=C(CNS(=O)(=O)c1ccc2c(c1)CCCC2)Nc1ccc(C(F)(F)F)cc1. The van der Waals surface area contributed by atoms with E-state index in [0.29, 0.717) is 0 Å². The van der Waals surface area contributed by atoms with Gasteiger partial charge < -0.3 is 5.32 Å². The van der Waals surface area contributed by atoms with Gasteiger partial charge in [0, 0.05) is 5.69 Å². The molecule has 28 heavy (non-hydrogen) atoms. The van der Waals surface area contributed by atoms with Crippen molar-refractivity contribution >= 4 is 21.6 Å². The van der Waals surface area contributed by atoms with Crippen LogP contribution in [0.4, 0.5) is 18.9 Å². The molecule has 5 nitrogen and oxygen atoms in total. The Morgan fingerprint density at radius 3 is 2.25 bits per heavy atom. The monoisotopic (exact) mass is 412 g/mol. The Morgan fingerprint density at radius 1 is 0.964 bits per heavy atom. The maximum Gasteiger partial charge on any atom is 0.416 e. The predicted molar refractivity (Wildman–Crippen MR) is 98.3 cm³/mol. The lowest BCUT2D eigenvalue weighted by molar-refractivity contribution is -0.137. The number of nitrogens with one attached hydrogen (secondary N) is 2. The van der Waals surface area contributed by atoms with E-state index in [-0.39, 0.29) is 10.6 Å². The van der Waals surface area contributed by atoms with E-state index in [0.717, 1.165) is 61.1 Å². The molecule has 0 aromatic heterocycles. The van der Waals surface area contributed by atoms with Crippen LogP contribution < -0.4 is 10.0 Å². The second-order valence-corrected chi connectivity index (χ2v) is 8.35. The Bertz CT molecular complexity index is 971. The van der Waals surface area contributed by atoms with Crippen LogP contribution in [0.3, 0.4) is 0 Å². The number of alkyl halides is 3. The highest BCUT2D eigenvalue weighted by molar-refractivity contribution is 7.89. The van der Waals surface area contributed by atoms with Crippen molar-refractivity contribution in [2.24, 2.45) is 0 Å². The molecule has 0 heterocycles. The molecule has 0 aliphatic heterocycles. The lowest BCUT2D eigenvalue weighted by atomic mass is 9.92. The molecule has 0 atom stereocenters. The second kappa shape index (κ2) is 7.92. The first-order chi connectivity index (χ1) is 13.1. The van der Waals surface area contributed by atoms with E-state index in [9.17, 15) is 26.4 Å². The van der Waals surface area contributed by atoms with Crippen molar-refractivity contribution in [2.75, 3.05) is 11.9 Å². The summed E-state index contributed by atoms with van der Waals surface area (Å²) in [6, 6.07) is 8.84. The largest absolute Gasteiger partial charge is 0.416 e. The van der Waals surface area contributed by atoms with Gasteiger partial charge in [-0.3, -0.25) is 4.79 Å². The first-order valence-electron chi connectivity index (χ1n) is 8.74. The van der Waals surface area contributed by atoms with Gasteiger partial charge in [-0.15, -0.1) is 0 Å². The van der Waals surface area contributed by atoms with Crippen molar-refractivity contribution in [1.29, 1.82) is 0 Å². The van der Waals surface area contributed by atoms with Crippen LogP contribution in [0.15, 0.2) is 47.4 Å². The summed E-state index contributed by atoms with van der Waals surface area (Å²) in [7, 11) is -3.87. The highest BCUT2D eigenvalue weighted by Gasteiger charge is 2.30. The third kappa shape index (κ3) is 4.90. The molecule has 0 saturated heterocycles. The number of carbonyl (C=O) groups is 1. The number of sulfonamides is 1. The fraction of sp³-hybridized carbons (Fsp3) is 0.316. The van der Waals surface area contributed by atoms with Gasteiger partial charge in [0.1, 0.15) is 0 Å². The van der Waals surface area contributed by atoms with Crippen molar-refractivity contribution in [3.05, 3.63) is 59.2 Å². The van der Waals surface area contributed by atoms with Gasteiger partial charge in [-0.25, -0.2) is 13.1 Å². The van der Waals surface area contributed by atoms with Crippen molar-refractivity contribution in [2.45, 2.75) is 36.8 Å². The lowest BCUT2D eigenvalue weighted by Gasteiger charge is -2.16. The smallest absolute Gasteiger partial charge is 0.325 e. The fourth-order valence-corrected chi connectivity index (χ4v) is 4.10. The maximum absolute atomic E-state index is 12.5. The van der Waals surface area contributed by atoms with Gasteiger partial charge in [-0.2, -0.15) is 13.2 Å². The number of aryl methyl sites for hydroxylation is 2. The quantitative estimate of drug-likeness (QED) is 0.789. The first kappa shape index (κ1) is 20.3. The standard InChI is InChI=1S/C19H19F3N2O3S/c20-19(21,22)15-6-8-16(9-7-15)24-18(25)12-23-28(26,27)17-10-5-13-3-1-2-4-14(13)11-17/h5-11,23H,1-4,12H2,(H,24,25). The second-order valence-electron chi connectivity index (χ2n) is 6.59. The van der Waals surface area contributed by atoms with E-state index in [1.165, 1.54) is 6.07 Å². The summed E-state index contributed by atoms with van der Waals surface area (Å²) in [5, 5.41) is 2.36. The Kier molecular flexibility index (Phi) is 5.76. The van der Waals surface area contributed by atoms with Crippen LogP contribution in [0.25, 0.3) is 0 Å². The van der Waals surface area contributed by atoms with Crippen molar-refractivity contribution in [3.63, 3.8) is 0 Å². The summed E-state index contributed by atoms with van der Waals surface area (Å²) in [5.74, 6) is -0.679. The average Bonchev–Trinajstić information content (AvgIpc) is 2.66. The number of carbonyl (C=O) groups excluding carboxylic acids is 1. The predicted octanol–water partition coefficient (Wildman–Crippen LogP) is 3.50. The number of anilines is 1. The molecule has 2 aromatic carbocycles. The number of amides is 1. The van der Waals surface area contributed by atoms with E-state index in [2.05, 4.69) is 10.0 Å². The summed E-state index contributed by atoms with van der Waals surface area (Å²) < 4.78 is 64.7. The molecular formula is C19H19F3N2O3S. The van der Waals surface area contributed by atoms with E-state index in [4.69, 9.17) is 0 Å². The summed E-state index contributed by atoms with van der Waals surface area (Å²) in [5.41, 5.74) is 1.46. The van der Waals surface area contributed by atoms with Gasteiger partial charge in [0.25, 0.3) is 0 Å². The van der Waals surface area contributed by atoms with Crippen LogP contribution in [-0.2, 0) is 33.8 Å². The van der Waals surface area contributed by atoms with Gasteiger partial charge in [0.05, 0.1) is 17.0 Å². The van der Waals surface area contributed by atoms with Crippen LogP contribution in [0.1, 0.15) is 29.5 Å². The zero-order valence-electron chi connectivity index (χ0n) is 14.8. The number of hydrogen-bond donors (Lipinski definition) is 2. The minimum Gasteiger partial charge on any atom is -0.325 e. The molecule has 150 valence electrons. The van der Waals surface area contributed by atoms with Gasteiger partial charge >= 0.3 is 6.18 Å². The van der Waals surface area contributed by atoms with E-state index in [1.54, 1.807) is 12.1 Å². The van der Waals surface area contributed by atoms with Crippen LogP contribution in [0.5, 0.6) is 0 Å². The molecule has 1 aliphatic carbocycles. The molecule has 0 spiro atoms. The summed E-state index contributed by atoms with van der Waals surface area (Å²) in [4.78, 5) is 12.0. The molecule has 0 fully saturated rings. The van der Waals surface area contributed by atoms with Crippen LogP contribution in [-0.4, -0.2) is 20.9 Å². The lowest BCUT2D eigenvalue weighted by Crippen LogP contribution is -2.33. The third-order valence-corrected chi connectivity index (χ3v) is 5.95. The highest BCUT2D eigenvalue weighted by atomic mass is 32.2. The minimum absolute atomic E-state index is 0.0930. The molecular weight excluding hydrogens is 393 g/mol. The van der Waals surface area contributed by atoms with Gasteiger partial charge in [0.15, 0.2) is 0 Å². The maximum atomic E-state index is 12.5. The Labute approximate surface area is 161 Å². The summed E-state index contributed by atoms with van der Waals surface area (Å²) >= 11 is 0. The van der Waals surface area contributed by atoms with Crippen molar-refractivity contribution in [1.82, 2.24) is 4.72 Å². The molecule has 0 saturated carbocycles. The Hall–Kier alpha value is -2.39. The summed E-state index contributed by atoms with van der Waals surface area (Å²) in [6.07, 6.45) is -0.611. The normalized spacial score (nSPS) is 14.4. The van der Waals surface area contributed by atoms with E-state index >= 15 is 0 Å². The van der Waals surface area contributed by atoms with Gasteiger partial charge in [-0.1, -0.05) is 6.07 Å². The molecule has 0 radical (unpaired) electrons. The Morgan fingerprint density at radius 2 is 1.61 bits per heavy atom. The molecule has 0 bridgehead atoms. The fourth-order valence-electron chi connectivity index (χ4n) is 3.07. The average molecular weight is 412 g/mol. The Balaban J connectivity index is 1.60. The van der Waals surface area contributed by atoms with Gasteiger partial charge in [0.2, 0.25) is 15.9 Å². The number of benzene rings is 2. The number of fused-ring (bicyclic) bond motifs is 1. The molecule has 1 aliphatic rings.